The van der Waals surface area contributed by atoms with Crippen molar-refractivity contribution in [1.82, 2.24) is 0 Å². The van der Waals surface area contributed by atoms with Crippen molar-refractivity contribution in [3.05, 3.63) is 72.3 Å². The lowest BCUT2D eigenvalue weighted by Crippen LogP contribution is -2.29. The van der Waals surface area contributed by atoms with Crippen molar-refractivity contribution in [1.29, 1.82) is 0 Å². The van der Waals surface area contributed by atoms with Crippen LogP contribution >= 0.6 is 0 Å². The highest BCUT2D eigenvalue weighted by Gasteiger charge is 2.14. The third-order valence-electron chi connectivity index (χ3n) is 6.00. The summed E-state index contributed by atoms with van der Waals surface area (Å²) in [5.74, 6) is 0.845. The largest absolute Gasteiger partial charge is 0.497 e. The number of methoxy groups -OCH3 is 2. The van der Waals surface area contributed by atoms with Crippen molar-refractivity contribution in [2.75, 3.05) is 49.4 Å². The standard InChI is InChI=1S/C28H31N3O5/c1-34-24-13-9-21(10-14-24)29-27(32)19-36-25-15-6-20(18-26(25)35-2)28(33)30-22-7-11-23(12-8-22)31-16-4-3-5-17-31/h6-15,18H,3-5,16-17,19H2,1-2H3,(H,29,32)(H,30,33). The summed E-state index contributed by atoms with van der Waals surface area (Å²) in [5.41, 5.74) is 2.94. The maximum absolute atomic E-state index is 12.8. The molecular weight excluding hydrogens is 458 g/mol. The fraction of sp³-hybridized carbons (Fsp3) is 0.286. The van der Waals surface area contributed by atoms with Crippen LogP contribution in [0.1, 0.15) is 29.6 Å². The Morgan fingerprint density at radius 1 is 0.778 bits per heavy atom. The molecule has 0 atom stereocenters. The van der Waals surface area contributed by atoms with E-state index in [4.69, 9.17) is 14.2 Å². The summed E-state index contributed by atoms with van der Waals surface area (Å²) in [4.78, 5) is 27.4. The number of carbonyl (C=O) groups excluding carboxylic acids is 2. The van der Waals surface area contributed by atoms with E-state index >= 15 is 0 Å². The third kappa shape index (κ3) is 6.47. The van der Waals surface area contributed by atoms with Gasteiger partial charge in [-0.3, -0.25) is 9.59 Å². The Labute approximate surface area is 211 Å². The zero-order chi connectivity index (χ0) is 25.3. The maximum atomic E-state index is 12.8. The van der Waals surface area contributed by atoms with Gasteiger partial charge in [0, 0.05) is 35.7 Å². The van der Waals surface area contributed by atoms with Gasteiger partial charge in [-0.05, 0) is 86.0 Å². The lowest BCUT2D eigenvalue weighted by molar-refractivity contribution is -0.118. The minimum Gasteiger partial charge on any atom is -0.497 e. The van der Waals surface area contributed by atoms with Gasteiger partial charge in [-0.15, -0.1) is 0 Å². The molecule has 0 unspecified atom stereocenters. The summed E-state index contributed by atoms with van der Waals surface area (Å²) < 4.78 is 16.1. The van der Waals surface area contributed by atoms with Crippen molar-refractivity contribution in [2.45, 2.75) is 19.3 Å². The second-order valence-electron chi connectivity index (χ2n) is 8.48. The molecule has 0 bridgehead atoms. The van der Waals surface area contributed by atoms with Crippen LogP contribution in [0.4, 0.5) is 17.1 Å². The molecule has 8 heteroatoms. The summed E-state index contributed by atoms with van der Waals surface area (Å²) in [7, 11) is 3.07. The number of anilines is 3. The summed E-state index contributed by atoms with van der Waals surface area (Å²) in [6.07, 6.45) is 3.72. The zero-order valence-corrected chi connectivity index (χ0v) is 20.6. The molecule has 2 amide bonds. The van der Waals surface area contributed by atoms with Crippen LogP contribution in [0.15, 0.2) is 66.7 Å². The van der Waals surface area contributed by atoms with Crippen LogP contribution in [0.25, 0.3) is 0 Å². The predicted molar refractivity (Wildman–Crippen MR) is 141 cm³/mol. The predicted octanol–water partition coefficient (Wildman–Crippen LogP) is 4.96. The fourth-order valence-corrected chi connectivity index (χ4v) is 4.05. The summed E-state index contributed by atoms with van der Waals surface area (Å²) in [5, 5.41) is 5.67. The molecule has 2 N–H and O–H groups in total. The van der Waals surface area contributed by atoms with Crippen LogP contribution in [-0.2, 0) is 4.79 Å². The number of amides is 2. The smallest absolute Gasteiger partial charge is 0.262 e. The van der Waals surface area contributed by atoms with Gasteiger partial charge in [0.1, 0.15) is 5.75 Å². The monoisotopic (exact) mass is 489 g/mol. The van der Waals surface area contributed by atoms with Crippen LogP contribution in [-0.4, -0.2) is 45.7 Å². The molecule has 1 aliphatic heterocycles. The Morgan fingerprint density at radius 3 is 2.11 bits per heavy atom. The first-order valence-corrected chi connectivity index (χ1v) is 12.0. The molecule has 0 saturated carbocycles. The topological polar surface area (TPSA) is 89.1 Å². The number of nitrogens with zero attached hydrogens (tertiary/aromatic N) is 1. The molecule has 0 radical (unpaired) electrons. The lowest BCUT2D eigenvalue weighted by Gasteiger charge is -2.28. The normalized spacial score (nSPS) is 13.0. The molecular formula is C28H31N3O5. The quantitative estimate of drug-likeness (QED) is 0.442. The molecule has 0 aromatic heterocycles. The third-order valence-corrected chi connectivity index (χ3v) is 6.00. The second kappa shape index (κ2) is 12.0. The molecule has 1 fully saturated rings. The van der Waals surface area contributed by atoms with Crippen LogP contribution in [0.3, 0.4) is 0 Å². The molecule has 3 aromatic rings. The van der Waals surface area contributed by atoms with E-state index in [1.165, 1.54) is 32.1 Å². The molecule has 0 spiro atoms. The van der Waals surface area contributed by atoms with Gasteiger partial charge in [-0.25, -0.2) is 0 Å². The molecule has 36 heavy (non-hydrogen) atoms. The Morgan fingerprint density at radius 2 is 1.44 bits per heavy atom. The lowest BCUT2D eigenvalue weighted by atomic mass is 10.1. The maximum Gasteiger partial charge on any atom is 0.262 e. The SMILES string of the molecule is COc1ccc(NC(=O)COc2ccc(C(=O)Nc3ccc(N4CCCCC4)cc3)cc2OC)cc1. The first-order chi connectivity index (χ1) is 17.6. The van der Waals surface area contributed by atoms with Crippen LogP contribution in [0.2, 0.25) is 0 Å². The van der Waals surface area contributed by atoms with Crippen molar-refractivity contribution >= 4 is 28.9 Å². The molecule has 0 aliphatic carbocycles. The molecule has 1 heterocycles. The average Bonchev–Trinajstić information content (AvgIpc) is 2.93. The Kier molecular flexibility index (Phi) is 8.28. The van der Waals surface area contributed by atoms with Gasteiger partial charge in [0.2, 0.25) is 0 Å². The molecule has 1 aliphatic rings. The van der Waals surface area contributed by atoms with Gasteiger partial charge in [0.15, 0.2) is 18.1 Å². The number of rotatable bonds is 9. The Balaban J connectivity index is 1.33. The van der Waals surface area contributed by atoms with E-state index in [2.05, 4.69) is 15.5 Å². The van der Waals surface area contributed by atoms with Gasteiger partial charge in [-0.1, -0.05) is 0 Å². The van der Waals surface area contributed by atoms with E-state index in [1.807, 2.05) is 24.3 Å². The number of carbonyl (C=O) groups is 2. The molecule has 4 rings (SSSR count). The molecule has 1 saturated heterocycles. The van der Waals surface area contributed by atoms with Crippen LogP contribution in [0.5, 0.6) is 17.2 Å². The first-order valence-electron chi connectivity index (χ1n) is 12.0. The highest BCUT2D eigenvalue weighted by atomic mass is 16.5. The molecule has 8 nitrogen and oxygen atoms in total. The minimum atomic E-state index is -0.322. The minimum absolute atomic E-state index is 0.211. The Hall–Kier alpha value is -4.20. The van der Waals surface area contributed by atoms with Crippen molar-refractivity contribution < 1.29 is 23.8 Å². The van der Waals surface area contributed by atoms with E-state index < -0.39 is 0 Å². The number of benzene rings is 3. The van der Waals surface area contributed by atoms with Crippen LogP contribution < -0.4 is 29.7 Å². The summed E-state index contributed by atoms with van der Waals surface area (Å²) in [6, 6.07) is 19.7. The van der Waals surface area contributed by atoms with Gasteiger partial charge in [-0.2, -0.15) is 0 Å². The summed E-state index contributed by atoms with van der Waals surface area (Å²) >= 11 is 0. The highest BCUT2D eigenvalue weighted by Crippen LogP contribution is 2.29. The first kappa shape index (κ1) is 24.9. The van der Waals surface area contributed by atoms with Gasteiger partial charge in [0.05, 0.1) is 14.2 Å². The Bertz CT molecular complexity index is 1170. The van der Waals surface area contributed by atoms with E-state index in [-0.39, 0.29) is 18.4 Å². The molecule has 188 valence electrons. The van der Waals surface area contributed by atoms with Gasteiger partial charge >= 0.3 is 0 Å². The highest BCUT2D eigenvalue weighted by molar-refractivity contribution is 6.04. The average molecular weight is 490 g/mol. The van der Waals surface area contributed by atoms with Crippen molar-refractivity contribution in [3.8, 4) is 17.2 Å². The van der Waals surface area contributed by atoms with Crippen molar-refractivity contribution in [2.24, 2.45) is 0 Å². The van der Waals surface area contributed by atoms with Crippen molar-refractivity contribution in [3.63, 3.8) is 0 Å². The number of nitrogens with one attached hydrogen (secondary N) is 2. The second-order valence-corrected chi connectivity index (χ2v) is 8.48. The number of hydrogen-bond donors (Lipinski definition) is 2. The number of hydrogen-bond acceptors (Lipinski definition) is 6. The van der Waals surface area contributed by atoms with Gasteiger partial charge in [0.25, 0.3) is 11.8 Å². The zero-order valence-electron chi connectivity index (χ0n) is 20.6. The number of piperidine rings is 1. The number of ether oxygens (including phenoxy) is 3. The van der Waals surface area contributed by atoms with Gasteiger partial charge < -0.3 is 29.7 Å². The molecule has 3 aromatic carbocycles. The van der Waals surface area contributed by atoms with E-state index in [1.54, 1.807) is 49.6 Å². The van der Waals surface area contributed by atoms with E-state index in [0.29, 0.717) is 28.5 Å². The van der Waals surface area contributed by atoms with Crippen LogP contribution in [0, 0.1) is 0 Å². The van der Waals surface area contributed by atoms with E-state index in [9.17, 15) is 9.59 Å². The van der Waals surface area contributed by atoms with E-state index in [0.717, 1.165) is 18.8 Å². The summed E-state index contributed by atoms with van der Waals surface area (Å²) in [6.45, 7) is 1.93. The fourth-order valence-electron chi connectivity index (χ4n) is 4.05.